The number of para-hydroxylation sites is 1. The van der Waals surface area contributed by atoms with Gasteiger partial charge in [-0.15, -0.1) is 0 Å². The van der Waals surface area contributed by atoms with Crippen LogP contribution in [0.15, 0.2) is 46.9 Å². The molecule has 0 N–H and O–H groups in total. The van der Waals surface area contributed by atoms with E-state index in [0.717, 1.165) is 0 Å². The summed E-state index contributed by atoms with van der Waals surface area (Å²) >= 11 is 0. The number of hydrogen-bond donors (Lipinski definition) is 0. The molecule has 3 rings (SSSR count). The number of halogens is 2. The quantitative estimate of drug-likeness (QED) is 0.636. The second-order valence-electron chi connectivity index (χ2n) is 5.42. The number of fused-ring (bicyclic) bond motifs is 1. The highest BCUT2D eigenvalue weighted by Crippen LogP contribution is 2.40. The molecule has 0 radical (unpaired) electrons. The Morgan fingerprint density at radius 3 is 2.08 bits per heavy atom. The molecule has 2 aromatic carbocycles. The molecule has 0 bridgehead atoms. The van der Waals surface area contributed by atoms with Gasteiger partial charge in [-0.05, 0) is 29.8 Å². The van der Waals surface area contributed by atoms with Gasteiger partial charge in [0.2, 0.25) is 0 Å². The van der Waals surface area contributed by atoms with Gasteiger partial charge in [-0.25, -0.2) is 18.4 Å². The van der Waals surface area contributed by atoms with E-state index in [-0.39, 0.29) is 27.8 Å². The minimum Gasteiger partial charge on any atom is -0.465 e. The third-order valence-electron chi connectivity index (χ3n) is 3.88. The molecule has 0 atom stereocenters. The fourth-order valence-electron chi connectivity index (χ4n) is 2.76. The monoisotopic (exact) mass is 360 g/mol. The molecule has 134 valence electrons. The van der Waals surface area contributed by atoms with Crippen molar-refractivity contribution >= 4 is 22.9 Å². The maximum absolute atomic E-state index is 13.5. The summed E-state index contributed by atoms with van der Waals surface area (Å²) in [5.74, 6) is -1.95. The summed E-state index contributed by atoms with van der Waals surface area (Å²) in [7, 11) is 2.37. The first-order valence-electron chi connectivity index (χ1n) is 7.58. The molecule has 0 amide bonds. The lowest BCUT2D eigenvalue weighted by Gasteiger charge is -2.09. The lowest BCUT2D eigenvalue weighted by atomic mass is 9.97. The van der Waals surface area contributed by atoms with E-state index in [1.54, 1.807) is 24.3 Å². The van der Waals surface area contributed by atoms with E-state index in [9.17, 15) is 18.4 Å². The highest BCUT2D eigenvalue weighted by Gasteiger charge is 2.25. The van der Waals surface area contributed by atoms with Crippen molar-refractivity contribution in [3.05, 3.63) is 59.4 Å². The molecule has 0 aliphatic heterocycles. The Labute approximate surface area is 147 Å². The molecule has 0 saturated heterocycles. The minimum atomic E-state index is -2.87. The first-order valence-corrected chi connectivity index (χ1v) is 7.58. The van der Waals surface area contributed by atoms with Gasteiger partial charge in [0, 0.05) is 10.9 Å². The normalized spacial score (nSPS) is 11.0. The summed E-state index contributed by atoms with van der Waals surface area (Å²) < 4.78 is 41.7. The molecular formula is C19H14F2O5. The third-order valence-corrected chi connectivity index (χ3v) is 3.88. The zero-order valence-electron chi connectivity index (χ0n) is 13.9. The molecule has 1 heterocycles. The lowest BCUT2D eigenvalue weighted by molar-refractivity contribution is 0.0599. The van der Waals surface area contributed by atoms with E-state index in [1.807, 2.05) is 0 Å². The zero-order chi connectivity index (χ0) is 18.8. The molecule has 1 aromatic heterocycles. The molecule has 0 unspecified atom stereocenters. The Morgan fingerprint density at radius 2 is 1.54 bits per heavy atom. The molecule has 3 aromatic rings. The topological polar surface area (TPSA) is 65.7 Å². The summed E-state index contributed by atoms with van der Waals surface area (Å²) in [4.78, 5) is 23.9. The number of alkyl halides is 2. The van der Waals surface area contributed by atoms with Crippen LogP contribution in [0.2, 0.25) is 0 Å². The molecule has 0 spiro atoms. The van der Waals surface area contributed by atoms with Crippen LogP contribution < -0.4 is 0 Å². The van der Waals surface area contributed by atoms with E-state index >= 15 is 0 Å². The number of ether oxygens (including phenoxy) is 2. The molecule has 0 saturated carbocycles. The van der Waals surface area contributed by atoms with E-state index in [1.165, 1.54) is 32.4 Å². The van der Waals surface area contributed by atoms with E-state index in [2.05, 4.69) is 9.47 Å². The second kappa shape index (κ2) is 6.95. The average molecular weight is 360 g/mol. The number of rotatable bonds is 4. The van der Waals surface area contributed by atoms with Gasteiger partial charge < -0.3 is 13.9 Å². The smallest absolute Gasteiger partial charge is 0.337 e. The summed E-state index contributed by atoms with van der Waals surface area (Å²) in [5.41, 5.74) is 0.702. The van der Waals surface area contributed by atoms with E-state index in [0.29, 0.717) is 5.39 Å². The van der Waals surface area contributed by atoms with Crippen LogP contribution in [0, 0.1) is 0 Å². The highest BCUT2D eigenvalue weighted by molar-refractivity contribution is 6.01. The van der Waals surface area contributed by atoms with Crippen molar-refractivity contribution in [3.63, 3.8) is 0 Å². The van der Waals surface area contributed by atoms with Crippen molar-refractivity contribution in [1.82, 2.24) is 0 Å². The van der Waals surface area contributed by atoms with Crippen LogP contribution in [0.1, 0.15) is 32.9 Å². The van der Waals surface area contributed by atoms with Gasteiger partial charge in [-0.3, -0.25) is 0 Å². The van der Waals surface area contributed by atoms with Gasteiger partial charge >= 0.3 is 11.9 Å². The number of carbonyl (C=O) groups is 2. The maximum atomic E-state index is 13.5. The number of methoxy groups -OCH3 is 2. The molecule has 26 heavy (non-hydrogen) atoms. The van der Waals surface area contributed by atoms with Gasteiger partial charge in [-0.1, -0.05) is 18.2 Å². The van der Waals surface area contributed by atoms with Crippen molar-refractivity contribution in [2.45, 2.75) is 6.43 Å². The van der Waals surface area contributed by atoms with Crippen LogP contribution in [0.5, 0.6) is 0 Å². The second-order valence-corrected chi connectivity index (χ2v) is 5.42. The SMILES string of the molecule is COC(=O)c1cc(C(=O)OC)cc(-c2c(C(F)F)oc3ccccc23)c1. The van der Waals surface area contributed by atoms with Gasteiger partial charge in [0.15, 0.2) is 5.76 Å². The van der Waals surface area contributed by atoms with Crippen molar-refractivity contribution in [3.8, 4) is 11.1 Å². The van der Waals surface area contributed by atoms with Gasteiger partial charge in [0.1, 0.15) is 5.58 Å². The molecule has 5 nitrogen and oxygen atoms in total. The number of esters is 2. The Balaban J connectivity index is 2.32. The predicted molar refractivity (Wildman–Crippen MR) is 89.3 cm³/mol. The van der Waals surface area contributed by atoms with Crippen LogP contribution in [0.25, 0.3) is 22.1 Å². The number of furan rings is 1. The van der Waals surface area contributed by atoms with E-state index in [4.69, 9.17) is 4.42 Å². The first-order chi connectivity index (χ1) is 12.5. The van der Waals surface area contributed by atoms with Gasteiger partial charge in [0.05, 0.1) is 25.3 Å². The summed E-state index contributed by atoms with van der Waals surface area (Å²) in [6.45, 7) is 0. The fraction of sp³-hybridized carbons (Fsp3) is 0.158. The van der Waals surface area contributed by atoms with Crippen molar-refractivity contribution < 1.29 is 32.3 Å². The molecule has 7 heteroatoms. The van der Waals surface area contributed by atoms with Gasteiger partial charge in [-0.2, -0.15) is 0 Å². The Bertz CT molecular complexity index is 957. The van der Waals surface area contributed by atoms with Crippen molar-refractivity contribution in [2.24, 2.45) is 0 Å². The predicted octanol–water partition coefficient (Wildman–Crippen LogP) is 4.61. The average Bonchev–Trinajstić information content (AvgIpc) is 3.06. The first kappa shape index (κ1) is 17.6. The van der Waals surface area contributed by atoms with Gasteiger partial charge in [0.25, 0.3) is 6.43 Å². The molecule has 0 aliphatic rings. The van der Waals surface area contributed by atoms with E-state index < -0.39 is 24.1 Å². The third kappa shape index (κ3) is 3.03. The Kier molecular flexibility index (Phi) is 4.71. The lowest BCUT2D eigenvalue weighted by Crippen LogP contribution is -2.07. The highest BCUT2D eigenvalue weighted by atomic mass is 19.3. The number of benzene rings is 2. The fourth-order valence-corrected chi connectivity index (χ4v) is 2.76. The summed E-state index contributed by atoms with van der Waals surface area (Å²) in [6.07, 6.45) is -2.87. The van der Waals surface area contributed by atoms with Crippen LogP contribution in [0.3, 0.4) is 0 Å². The Morgan fingerprint density at radius 1 is 0.962 bits per heavy atom. The summed E-state index contributed by atoms with van der Waals surface area (Å²) in [5, 5.41) is 0.445. The molecule has 0 fully saturated rings. The summed E-state index contributed by atoms with van der Waals surface area (Å²) in [6, 6.07) is 10.6. The maximum Gasteiger partial charge on any atom is 0.337 e. The van der Waals surface area contributed by atoms with Crippen LogP contribution in [-0.2, 0) is 9.47 Å². The van der Waals surface area contributed by atoms with Crippen molar-refractivity contribution in [2.75, 3.05) is 14.2 Å². The largest absolute Gasteiger partial charge is 0.465 e. The van der Waals surface area contributed by atoms with Crippen LogP contribution in [-0.4, -0.2) is 26.2 Å². The van der Waals surface area contributed by atoms with Crippen molar-refractivity contribution in [1.29, 1.82) is 0 Å². The molecule has 0 aliphatic carbocycles. The van der Waals surface area contributed by atoms with Crippen LogP contribution in [0.4, 0.5) is 8.78 Å². The Hall–Kier alpha value is -3.22. The zero-order valence-corrected chi connectivity index (χ0v) is 13.9. The number of hydrogen-bond acceptors (Lipinski definition) is 5. The standard InChI is InChI=1S/C19H14F2O5/c1-24-18(22)11-7-10(8-12(9-11)19(23)25-2)15-13-5-3-4-6-14(13)26-16(15)17(20)21/h3-9,17H,1-2H3. The molecular weight excluding hydrogens is 346 g/mol. The number of carbonyl (C=O) groups excluding carboxylic acids is 2. The van der Waals surface area contributed by atoms with Crippen LogP contribution >= 0.6 is 0 Å². The minimum absolute atomic E-state index is 0.0379.